The molecule has 0 aliphatic heterocycles. The molecule has 1 heterocycles. The Morgan fingerprint density at radius 3 is 2.56 bits per heavy atom. The first kappa shape index (κ1) is 16.6. The van der Waals surface area contributed by atoms with Gasteiger partial charge in [-0.1, -0.05) is 30.3 Å². The maximum atomic E-state index is 12.5. The summed E-state index contributed by atoms with van der Waals surface area (Å²) in [6.45, 7) is 2.13. The van der Waals surface area contributed by atoms with Crippen LogP contribution in [0.4, 0.5) is 5.69 Å². The van der Waals surface area contributed by atoms with Gasteiger partial charge in [0.05, 0.1) is 24.2 Å². The van der Waals surface area contributed by atoms with Crippen LogP contribution in [0, 0.1) is 0 Å². The first-order valence-corrected chi connectivity index (χ1v) is 8.07. The van der Waals surface area contributed by atoms with Crippen LogP contribution >= 0.6 is 0 Å². The summed E-state index contributed by atoms with van der Waals surface area (Å²) in [5.41, 5.74) is 2.73. The number of carbonyl (C=O) groups is 2. The first-order chi connectivity index (χ1) is 12.2. The summed E-state index contributed by atoms with van der Waals surface area (Å²) < 4.78 is 4.92. The molecule has 3 aromatic rings. The number of esters is 1. The Hall–Kier alpha value is -3.21. The van der Waals surface area contributed by atoms with Gasteiger partial charge in [0, 0.05) is 17.1 Å². The van der Waals surface area contributed by atoms with Crippen molar-refractivity contribution >= 4 is 28.5 Å². The van der Waals surface area contributed by atoms with E-state index in [1.165, 1.54) is 0 Å². The third-order valence-electron chi connectivity index (χ3n) is 3.75. The number of ether oxygens (including phenoxy) is 1. The molecule has 3 rings (SSSR count). The van der Waals surface area contributed by atoms with Crippen LogP contribution in [0.15, 0.2) is 60.8 Å². The third kappa shape index (κ3) is 4.01. The molecule has 1 amide bonds. The van der Waals surface area contributed by atoms with Gasteiger partial charge in [0.25, 0.3) is 5.91 Å². The van der Waals surface area contributed by atoms with Crippen molar-refractivity contribution in [2.75, 3.05) is 11.9 Å². The Kier molecular flexibility index (Phi) is 5.04. The van der Waals surface area contributed by atoms with Crippen molar-refractivity contribution in [1.29, 1.82) is 0 Å². The van der Waals surface area contributed by atoms with E-state index in [1.807, 2.05) is 30.3 Å². The minimum absolute atomic E-state index is 0.197. The van der Waals surface area contributed by atoms with Crippen LogP contribution in [-0.2, 0) is 16.0 Å². The van der Waals surface area contributed by atoms with E-state index in [2.05, 4.69) is 10.3 Å². The van der Waals surface area contributed by atoms with E-state index in [9.17, 15) is 9.59 Å². The summed E-state index contributed by atoms with van der Waals surface area (Å²) in [5.74, 6) is -0.498. The minimum Gasteiger partial charge on any atom is -0.466 e. The Morgan fingerprint density at radius 1 is 1.04 bits per heavy atom. The monoisotopic (exact) mass is 334 g/mol. The molecule has 5 nitrogen and oxygen atoms in total. The molecule has 2 aromatic carbocycles. The van der Waals surface area contributed by atoms with Gasteiger partial charge >= 0.3 is 5.97 Å². The zero-order valence-electron chi connectivity index (χ0n) is 13.9. The van der Waals surface area contributed by atoms with Crippen molar-refractivity contribution in [2.45, 2.75) is 13.3 Å². The molecule has 0 saturated carbocycles. The molecule has 0 unspecified atom stereocenters. The molecule has 0 atom stereocenters. The number of aromatic nitrogens is 1. The molecule has 0 fully saturated rings. The van der Waals surface area contributed by atoms with Gasteiger partial charge in [0.1, 0.15) is 0 Å². The number of nitrogens with zero attached hydrogens (tertiary/aromatic N) is 1. The highest BCUT2D eigenvalue weighted by Gasteiger charge is 2.10. The Balaban J connectivity index is 1.74. The zero-order valence-corrected chi connectivity index (χ0v) is 13.9. The molecule has 0 aliphatic carbocycles. The number of hydrogen-bond acceptors (Lipinski definition) is 4. The van der Waals surface area contributed by atoms with E-state index in [0.717, 1.165) is 16.5 Å². The Labute approximate surface area is 145 Å². The van der Waals surface area contributed by atoms with Crippen LogP contribution in [-0.4, -0.2) is 23.5 Å². The number of benzene rings is 2. The van der Waals surface area contributed by atoms with Crippen LogP contribution < -0.4 is 5.32 Å². The number of hydrogen-bond donors (Lipinski definition) is 1. The second kappa shape index (κ2) is 7.57. The first-order valence-electron chi connectivity index (χ1n) is 8.07. The summed E-state index contributed by atoms with van der Waals surface area (Å²) in [4.78, 5) is 28.3. The van der Waals surface area contributed by atoms with Crippen molar-refractivity contribution < 1.29 is 14.3 Å². The molecular weight excluding hydrogens is 316 g/mol. The van der Waals surface area contributed by atoms with E-state index in [0.29, 0.717) is 17.9 Å². The summed E-state index contributed by atoms with van der Waals surface area (Å²) in [6, 6.07) is 16.4. The summed E-state index contributed by atoms with van der Waals surface area (Å²) >= 11 is 0. The largest absolute Gasteiger partial charge is 0.466 e. The van der Waals surface area contributed by atoms with Gasteiger partial charge in [-0.2, -0.15) is 0 Å². The van der Waals surface area contributed by atoms with Crippen molar-refractivity contribution in [3.63, 3.8) is 0 Å². The second-order valence-electron chi connectivity index (χ2n) is 5.51. The molecule has 0 spiro atoms. The van der Waals surface area contributed by atoms with Crippen molar-refractivity contribution in [3.8, 4) is 0 Å². The zero-order chi connectivity index (χ0) is 17.6. The number of fused-ring (bicyclic) bond motifs is 1. The molecule has 0 saturated heterocycles. The number of anilines is 1. The summed E-state index contributed by atoms with van der Waals surface area (Å²) in [5, 5.41) is 3.85. The Morgan fingerprint density at radius 2 is 1.80 bits per heavy atom. The van der Waals surface area contributed by atoms with Crippen molar-refractivity contribution in [3.05, 3.63) is 71.9 Å². The lowest BCUT2D eigenvalue weighted by Gasteiger charge is -2.08. The topological polar surface area (TPSA) is 68.3 Å². The average Bonchev–Trinajstić information content (AvgIpc) is 2.63. The summed E-state index contributed by atoms with van der Waals surface area (Å²) in [7, 11) is 0. The predicted octanol–water partition coefficient (Wildman–Crippen LogP) is 3.59. The standard InChI is InChI=1S/C20H18N2O3/c1-2-25-18(23)13-14-8-10-16(11-9-14)20(24)22-17-7-3-5-15-6-4-12-21-19(15)17/h3-12H,2,13H2,1H3,(H,22,24). The highest BCUT2D eigenvalue weighted by molar-refractivity contribution is 6.08. The van der Waals surface area contributed by atoms with E-state index in [-0.39, 0.29) is 18.3 Å². The lowest BCUT2D eigenvalue weighted by molar-refractivity contribution is -0.142. The second-order valence-corrected chi connectivity index (χ2v) is 5.51. The van der Waals surface area contributed by atoms with Crippen molar-refractivity contribution in [1.82, 2.24) is 4.98 Å². The molecule has 1 N–H and O–H groups in total. The number of para-hydroxylation sites is 1. The highest BCUT2D eigenvalue weighted by atomic mass is 16.5. The molecule has 0 aliphatic rings. The summed E-state index contributed by atoms with van der Waals surface area (Å²) in [6.07, 6.45) is 1.89. The fourth-order valence-corrected chi connectivity index (χ4v) is 2.55. The fraction of sp³-hybridized carbons (Fsp3) is 0.150. The van der Waals surface area contributed by atoms with E-state index >= 15 is 0 Å². The van der Waals surface area contributed by atoms with Gasteiger partial charge in [-0.3, -0.25) is 14.6 Å². The number of pyridine rings is 1. The lowest BCUT2D eigenvalue weighted by atomic mass is 10.1. The highest BCUT2D eigenvalue weighted by Crippen LogP contribution is 2.21. The van der Waals surface area contributed by atoms with E-state index in [1.54, 1.807) is 37.4 Å². The lowest BCUT2D eigenvalue weighted by Crippen LogP contribution is -2.13. The van der Waals surface area contributed by atoms with Gasteiger partial charge < -0.3 is 10.1 Å². The molecule has 1 aromatic heterocycles. The van der Waals surface area contributed by atoms with E-state index in [4.69, 9.17) is 4.74 Å². The van der Waals surface area contributed by atoms with Gasteiger partial charge in [-0.15, -0.1) is 0 Å². The quantitative estimate of drug-likeness (QED) is 0.724. The van der Waals surface area contributed by atoms with Crippen LogP contribution in [0.1, 0.15) is 22.8 Å². The predicted molar refractivity (Wildman–Crippen MR) is 96.5 cm³/mol. The number of nitrogens with one attached hydrogen (secondary N) is 1. The normalized spacial score (nSPS) is 10.4. The SMILES string of the molecule is CCOC(=O)Cc1ccc(C(=O)Nc2cccc3cccnc23)cc1. The maximum absolute atomic E-state index is 12.5. The molecule has 126 valence electrons. The minimum atomic E-state index is -0.276. The Bertz CT molecular complexity index is 899. The van der Waals surface area contributed by atoms with Gasteiger partial charge in [-0.25, -0.2) is 0 Å². The maximum Gasteiger partial charge on any atom is 0.310 e. The number of carbonyl (C=O) groups excluding carboxylic acids is 2. The fourth-order valence-electron chi connectivity index (χ4n) is 2.55. The number of amides is 1. The molecular formula is C20H18N2O3. The van der Waals surface area contributed by atoms with Gasteiger partial charge in [0.15, 0.2) is 0 Å². The van der Waals surface area contributed by atoms with E-state index < -0.39 is 0 Å². The molecule has 0 bridgehead atoms. The molecule has 25 heavy (non-hydrogen) atoms. The third-order valence-corrected chi connectivity index (χ3v) is 3.75. The molecule has 5 heteroatoms. The van der Waals surface area contributed by atoms with Gasteiger partial charge in [0.2, 0.25) is 0 Å². The van der Waals surface area contributed by atoms with Crippen LogP contribution in [0.5, 0.6) is 0 Å². The van der Waals surface area contributed by atoms with Crippen LogP contribution in [0.25, 0.3) is 10.9 Å². The average molecular weight is 334 g/mol. The van der Waals surface area contributed by atoms with Crippen molar-refractivity contribution in [2.24, 2.45) is 0 Å². The van der Waals surface area contributed by atoms with Gasteiger partial charge in [-0.05, 0) is 36.8 Å². The van der Waals surface area contributed by atoms with Crippen LogP contribution in [0.3, 0.4) is 0 Å². The van der Waals surface area contributed by atoms with Crippen LogP contribution in [0.2, 0.25) is 0 Å². The smallest absolute Gasteiger partial charge is 0.310 e. The molecule has 0 radical (unpaired) electrons. The number of rotatable bonds is 5.